The van der Waals surface area contributed by atoms with Crippen molar-refractivity contribution in [1.82, 2.24) is 20.2 Å². The standard InChI is InChI=1S/C22H17FN4O2/c1-15-24-25-26-27(15)21(13-16-6-4-10-19(23)12-16)22(28)29-14-18-9-5-8-17-7-2-3-11-20(17)18/h2-13H,14H2,1H3/b21-13-. The number of aromatic nitrogens is 4. The van der Waals surface area contributed by atoms with Crippen molar-refractivity contribution >= 4 is 28.5 Å². The van der Waals surface area contributed by atoms with Gasteiger partial charge in [0.1, 0.15) is 12.4 Å². The van der Waals surface area contributed by atoms with Gasteiger partial charge in [0.2, 0.25) is 0 Å². The van der Waals surface area contributed by atoms with Crippen LogP contribution in [0.2, 0.25) is 0 Å². The topological polar surface area (TPSA) is 69.9 Å². The van der Waals surface area contributed by atoms with Gasteiger partial charge in [-0.2, -0.15) is 4.68 Å². The molecule has 6 nitrogen and oxygen atoms in total. The van der Waals surface area contributed by atoms with E-state index < -0.39 is 11.8 Å². The zero-order valence-corrected chi connectivity index (χ0v) is 15.6. The lowest BCUT2D eigenvalue weighted by Gasteiger charge is -2.11. The molecule has 0 spiro atoms. The first-order valence-electron chi connectivity index (χ1n) is 8.98. The van der Waals surface area contributed by atoms with Gasteiger partial charge >= 0.3 is 5.97 Å². The number of fused-ring (bicyclic) bond motifs is 1. The highest BCUT2D eigenvalue weighted by atomic mass is 19.1. The van der Waals surface area contributed by atoms with Gasteiger partial charge in [0, 0.05) is 0 Å². The van der Waals surface area contributed by atoms with Crippen molar-refractivity contribution in [2.75, 3.05) is 0 Å². The number of tetrazole rings is 1. The number of aryl methyl sites for hydroxylation is 1. The van der Waals surface area contributed by atoms with Crippen molar-refractivity contribution in [3.05, 3.63) is 89.5 Å². The molecule has 0 atom stereocenters. The summed E-state index contributed by atoms with van der Waals surface area (Å²) in [6, 6.07) is 19.6. The van der Waals surface area contributed by atoms with Crippen LogP contribution < -0.4 is 0 Å². The number of esters is 1. The Balaban J connectivity index is 1.64. The maximum absolute atomic E-state index is 13.6. The lowest BCUT2D eigenvalue weighted by Crippen LogP contribution is -2.15. The van der Waals surface area contributed by atoms with E-state index in [1.165, 1.54) is 22.9 Å². The van der Waals surface area contributed by atoms with Crippen molar-refractivity contribution < 1.29 is 13.9 Å². The van der Waals surface area contributed by atoms with E-state index in [0.717, 1.165) is 16.3 Å². The molecule has 1 aromatic heterocycles. The summed E-state index contributed by atoms with van der Waals surface area (Å²) in [5.74, 6) is -0.608. The third-order valence-electron chi connectivity index (χ3n) is 4.45. The summed E-state index contributed by atoms with van der Waals surface area (Å²) >= 11 is 0. The number of benzene rings is 3. The number of rotatable bonds is 5. The summed E-state index contributed by atoms with van der Waals surface area (Å²) < 4.78 is 20.4. The van der Waals surface area contributed by atoms with Crippen LogP contribution in [0.1, 0.15) is 17.0 Å². The third-order valence-corrected chi connectivity index (χ3v) is 4.45. The Morgan fingerprint density at radius 1 is 1.10 bits per heavy atom. The molecule has 0 amide bonds. The van der Waals surface area contributed by atoms with E-state index in [0.29, 0.717) is 11.4 Å². The Morgan fingerprint density at radius 2 is 1.90 bits per heavy atom. The van der Waals surface area contributed by atoms with Crippen LogP contribution in [0.25, 0.3) is 22.5 Å². The maximum Gasteiger partial charge on any atom is 0.357 e. The van der Waals surface area contributed by atoms with Crippen LogP contribution in [0, 0.1) is 12.7 Å². The summed E-state index contributed by atoms with van der Waals surface area (Å²) in [5.41, 5.74) is 1.48. The molecule has 144 valence electrons. The Labute approximate surface area is 166 Å². The van der Waals surface area contributed by atoms with Gasteiger partial charge in [0.05, 0.1) is 0 Å². The van der Waals surface area contributed by atoms with Crippen LogP contribution in [0.3, 0.4) is 0 Å². The molecule has 0 radical (unpaired) electrons. The van der Waals surface area contributed by atoms with Crippen LogP contribution in [0.15, 0.2) is 66.7 Å². The number of carbonyl (C=O) groups is 1. The molecule has 0 N–H and O–H groups in total. The van der Waals surface area contributed by atoms with Gasteiger partial charge in [0.15, 0.2) is 11.5 Å². The second-order valence-electron chi connectivity index (χ2n) is 6.44. The van der Waals surface area contributed by atoms with E-state index in [2.05, 4.69) is 15.5 Å². The van der Waals surface area contributed by atoms with Crippen molar-refractivity contribution in [3.8, 4) is 0 Å². The van der Waals surface area contributed by atoms with E-state index in [4.69, 9.17) is 4.74 Å². The zero-order chi connectivity index (χ0) is 20.2. The van der Waals surface area contributed by atoms with Crippen molar-refractivity contribution in [3.63, 3.8) is 0 Å². The van der Waals surface area contributed by atoms with E-state index in [-0.39, 0.29) is 12.3 Å². The van der Waals surface area contributed by atoms with Gasteiger partial charge in [-0.1, -0.05) is 54.6 Å². The van der Waals surface area contributed by atoms with Crippen LogP contribution in [-0.4, -0.2) is 26.2 Å². The Morgan fingerprint density at radius 3 is 2.69 bits per heavy atom. The molecule has 0 bridgehead atoms. The normalized spacial score (nSPS) is 11.6. The summed E-state index contributed by atoms with van der Waals surface area (Å²) in [6.07, 6.45) is 1.50. The number of hydrogen-bond acceptors (Lipinski definition) is 5. The molecule has 29 heavy (non-hydrogen) atoms. The van der Waals surface area contributed by atoms with Gasteiger partial charge in [-0.3, -0.25) is 0 Å². The van der Waals surface area contributed by atoms with Crippen molar-refractivity contribution in [2.45, 2.75) is 13.5 Å². The molecule has 0 fully saturated rings. The summed E-state index contributed by atoms with van der Waals surface area (Å²) in [5, 5.41) is 13.3. The molecule has 0 aliphatic heterocycles. The minimum Gasteiger partial charge on any atom is -0.456 e. The SMILES string of the molecule is Cc1nnnn1/C(=C\c1cccc(F)c1)C(=O)OCc1cccc2ccccc12. The second-order valence-corrected chi connectivity index (χ2v) is 6.44. The summed E-state index contributed by atoms with van der Waals surface area (Å²) in [7, 11) is 0. The summed E-state index contributed by atoms with van der Waals surface area (Å²) in [4.78, 5) is 12.9. The molecule has 0 unspecified atom stereocenters. The fraction of sp³-hybridized carbons (Fsp3) is 0.0909. The van der Waals surface area contributed by atoms with Crippen LogP contribution in [-0.2, 0) is 16.1 Å². The van der Waals surface area contributed by atoms with Gasteiger partial charge in [-0.15, -0.1) is 5.10 Å². The molecule has 1 heterocycles. The zero-order valence-electron chi connectivity index (χ0n) is 15.6. The lowest BCUT2D eigenvalue weighted by atomic mass is 10.1. The number of nitrogens with zero attached hydrogens (tertiary/aromatic N) is 4. The maximum atomic E-state index is 13.6. The van der Waals surface area contributed by atoms with Gasteiger partial charge in [0.25, 0.3) is 0 Å². The van der Waals surface area contributed by atoms with Crippen molar-refractivity contribution in [1.29, 1.82) is 0 Å². The Kier molecular flexibility index (Phi) is 5.11. The number of hydrogen-bond donors (Lipinski definition) is 0. The first kappa shape index (κ1) is 18.5. The molecule has 0 aliphatic carbocycles. The van der Waals surface area contributed by atoms with Crippen LogP contribution in [0.5, 0.6) is 0 Å². The molecule has 0 aliphatic rings. The van der Waals surface area contributed by atoms with E-state index >= 15 is 0 Å². The first-order valence-corrected chi connectivity index (χ1v) is 8.98. The van der Waals surface area contributed by atoms with E-state index in [1.807, 2.05) is 42.5 Å². The quantitative estimate of drug-likeness (QED) is 0.382. The van der Waals surface area contributed by atoms with E-state index in [1.54, 1.807) is 19.1 Å². The highest BCUT2D eigenvalue weighted by Crippen LogP contribution is 2.21. The Hall–Kier alpha value is -3.87. The average molecular weight is 388 g/mol. The molecule has 4 aromatic rings. The number of halogens is 1. The largest absolute Gasteiger partial charge is 0.456 e. The van der Waals surface area contributed by atoms with Crippen LogP contribution in [0.4, 0.5) is 4.39 Å². The predicted octanol–water partition coefficient (Wildman–Crippen LogP) is 4.02. The molecule has 0 saturated carbocycles. The molecule has 7 heteroatoms. The average Bonchev–Trinajstić information content (AvgIpc) is 3.16. The number of carbonyl (C=O) groups excluding carboxylic acids is 1. The third kappa shape index (κ3) is 4.03. The van der Waals surface area contributed by atoms with Crippen LogP contribution >= 0.6 is 0 Å². The monoisotopic (exact) mass is 388 g/mol. The fourth-order valence-corrected chi connectivity index (χ4v) is 3.05. The van der Waals surface area contributed by atoms with E-state index in [9.17, 15) is 9.18 Å². The second kappa shape index (κ2) is 8.02. The van der Waals surface area contributed by atoms with Crippen molar-refractivity contribution in [2.24, 2.45) is 0 Å². The molecule has 0 saturated heterocycles. The summed E-state index contributed by atoms with van der Waals surface area (Å²) in [6.45, 7) is 1.75. The fourth-order valence-electron chi connectivity index (χ4n) is 3.05. The molecular weight excluding hydrogens is 371 g/mol. The molecule has 4 rings (SSSR count). The van der Waals surface area contributed by atoms with Gasteiger partial charge in [-0.25, -0.2) is 9.18 Å². The first-order chi connectivity index (χ1) is 14.1. The predicted molar refractivity (Wildman–Crippen MR) is 107 cm³/mol. The smallest absolute Gasteiger partial charge is 0.357 e. The Bertz CT molecular complexity index is 1210. The van der Waals surface area contributed by atoms with Gasteiger partial charge in [-0.05, 0) is 57.5 Å². The molecular formula is C22H17FN4O2. The molecule has 3 aromatic carbocycles. The highest BCUT2D eigenvalue weighted by molar-refractivity contribution is 6.15. The highest BCUT2D eigenvalue weighted by Gasteiger charge is 2.18. The minimum absolute atomic E-state index is 0.0852. The lowest BCUT2D eigenvalue weighted by molar-refractivity contribution is -0.138. The minimum atomic E-state index is -0.613. The number of ether oxygens (including phenoxy) is 1. The van der Waals surface area contributed by atoms with Gasteiger partial charge < -0.3 is 4.74 Å².